The fourth-order valence-corrected chi connectivity index (χ4v) is 2.53. The first-order valence-electron chi connectivity index (χ1n) is 4.72. The quantitative estimate of drug-likeness (QED) is 0.748. The van der Waals surface area contributed by atoms with Crippen LogP contribution in [0.3, 0.4) is 0 Å². The smallest absolute Gasteiger partial charge is 0.130 e. The lowest BCUT2D eigenvalue weighted by atomic mass is 10.1. The van der Waals surface area contributed by atoms with E-state index in [0.717, 1.165) is 6.42 Å². The number of fused-ring (bicyclic) bond motifs is 1. The van der Waals surface area contributed by atoms with Gasteiger partial charge in [0.05, 0.1) is 0 Å². The molecule has 2 aromatic rings. The van der Waals surface area contributed by atoms with Crippen LogP contribution < -0.4 is 0 Å². The van der Waals surface area contributed by atoms with Gasteiger partial charge >= 0.3 is 0 Å². The molecule has 0 amide bonds. The Kier molecular flexibility index (Phi) is 2.64. The summed E-state index contributed by atoms with van der Waals surface area (Å²) in [7, 11) is 0. The van der Waals surface area contributed by atoms with E-state index >= 15 is 0 Å². The van der Waals surface area contributed by atoms with Gasteiger partial charge in [-0.05, 0) is 35.7 Å². The molecule has 72 valence electrons. The van der Waals surface area contributed by atoms with Gasteiger partial charge in [0.15, 0.2) is 0 Å². The van der Waals surface area contributed by atoms with Crippen LogP contribution in [0.25, 0.3) is 10.1 Å². The van der Waals surface area contributed by atoms with Crippen molar-refractivity contribution in [2.75, 3.05) is 0 Å². The van der Waals surface area contributed by atoms with Gasteiger partial charge in [-0.2, -0.15) is 0 Å². The van der Waals surface area contributed by atoms with E-state index in [9.17, 15) is 4.79 Å². The second-order valence-corrected chi connectivity index (χ2v) is 4.37. The van der Waals surface area contributed by atoms with Gasteiger partial charge in [0.1, 0.15) is 5.78 Å². The Labute approximate surface area is 87.4 Å². The average Bonchev–Trinajstić information content (AvgIpc) is 2.58. The topological polar surface area (TPSA) is 17.1 Å². The number of ketones is 1. The Hall–Kier alpha value is -1.15. The van der Waals surface area contributed by atoms with Crippen molar-refractivity contribution in [3.63, 3.8) is 0 Å². The Morgan fingerprint density at radius 3 is 2.93 bits per heavy atom. The van der Waals surface area contributed by atoms with E-state index in [4.69, 9.17) is 0 Å². The van der Waals surface area contributed by atoms with Crippen molar-refractivity contribution in [2.45, 2.75) is 19.8 Å². The third kappa shape index (κ3) is 1.85. The molecule has 1 heterocycles. The van der Waals surface area contributed by atoms with Gasteiger partial charge in [-0.15, -0.1) is 11.3 Å². The molecule has 0 atom stereocenters. The number of aryl methyl sites for hydroxylation is 1. The van der Waals surface area contributed by atoms with Crippen LogP contribution in [0, 0.1) is 0 Å². The van der Waals surface area contributed by atoms with E-state index in [0.29, 0.717) is 6.42 Å². The lowest BCUT2D eigenvalue weighted by Crippen LogP contribution is -1.92. The van der Waals surface area contributed by atoms with E-state index in [-0.39, 0.29) is 5.78 Å². The zero-order chi connectivity index (χ0) is 9.97. The van der Waals surface area contributed by atoms with Crippen LogP contribution in [0.15, 0.2) is 29.6 Å². The van der Waals surface area contributed by atoms with Crippen LogP contribution in [0.5, 0.6) is 0 Å². The van der Waals surface area contributed by atoms with E-state index in [1.54, 1.807) is 18.3 Å². The van der Waals surface area contributed by atoms with Gasteiger partial charge in [-0.3, -0.25) is 0 Å². The Morgan fingerprint density at radius 2 is 2.14 bits per heavy atom. The number of thiophene rings is 1. The van der Waals surface area contributed by atoms with Crippen LogP contribution in [0.4, 0.5) is 0 Å². The summed E-state index contributed by atoms with van der Waals surface area (Å²) in [6.07, 6.45) is 1.53. The number of rotatable bonds is 3. The molecule has 2 heteroatoms. The van der Waals surface area contributed by atoms with Crippen molar-refractivity contribution in [1.29, 1.82) is 0 Å². The van der Waals surface area contributed by atoms with Gasteiger partial charge in [-0.1, -0.05) is 18.2 Å². The molecule has 0 saturated carbocycles. The first-order valence-corrected chi connectivity index (χ1v) is 5.60. The van der Waals surface area contributed by atoms with E-state index in [1.165, 1.54) is 15.6 Å². The monoisotopic (exact) mass is 204 g/mol. The molecular formula is C12H12OS. The minimum absolute atomic E-state index is 0.264. The highest BCUT2D eigenvalue weighted by Crippen LogP contribution is 2.26. The Bertz CT molecular complexity index is 456. The van der Waals surface area contributed by atoms with Gasteiger partial charge in [0.2, 0.25) is 0 Å². The van der Waals surface area contributed by atoms with Crippen molar-refractivity contribution in [2.24, 2.45) is 0 Å². The molecule has 2 rings (SSSR count). The summed E-state index contributed by atoms with van der Waals surface area (Å²) in [5, 5.41) is 3.46. The largest absolute Gasteiger partial charge is 0.300 e. The third-order valence-electron chi connectivity index (χ3n) is 2.31. The summed E-state index contributed by atoms with van der Waals surface area (Å²) in [5.41, 5.74) is 1.31. The first kappa shape index (κ1) is 9.41. The molecule has 0 aliphatic heterocycles. The molecule has 0 spiro atoms. The van der Waals surface area contributed by atoms with Crippen molar-refractivity contribution in [3.05, 3.63) is 35.2 Å². The number of Topliss-reactive ketones (excluding diaryl/α,β-unsaturated/α-hetero) is 1. The molecular weight excluding hydrogens is 192 g/mol. The second-order valence-electron chi connectivity index (χ2n) is 3.46. The minimum Gasteiger partial charge on any atom is -0.300 e. The van der Waals surface area contributed by atoms with Crippen LogP contribution in [-0.2, 0) is 11.2 Å². The number of benzene rings is 1. The van der Waals surface area contributed by atoms with Gasteiger partial charge in [0, 0.05) is 11.1 Å². The zero-order valence-corrected chi connectivity index (χ0v) is 8.93. The van der Waals surface area contributed by atoms with Crippen LogP contribution >= 0.6 is 11.3 Å². The predicted molar refractivity (Wildman–Crippen MR) is 60.8 cm³/mol. The van der Waals surface area contributed by atoms with Gasteiger partial charge < -0.3 is 4.79 Å². The lowest BCUT2D eigenvalue weighted by molar-refractivity contribution is -0.116. The fourth-order valence-electron chi connectivity index (χ4n) is 1.54. The van der Waals surface area contributed by atoms with Crippen molar-refractivity contribution >= 4 is 27.2 Å². The summed E-state index contributed by atoms with van der Waals surface area (Å²) in [5.74, 6) is 0.264. The van der Waals surface area contributed by atoms with E-state index in [1.807, 2.05) is 12.1 Å². The van der Waals surface area contributed by atoms with Crippen LogP contribution in [0.1, 0.15) is 18.9 Å². The molecule has 14 heavy (non-hydrogen) atoms. The molecule has 1 aromatic carbocycles. The third-order valence-corrected chi connectivity index (χ3v) is 3.32. The SMILES string of the molecule is CC(=O)CCc1csc2ccccc12. The summed E-state index contributed by atoms with van der Waals surface area (Å²) in [6.45, 7) is 1.65. The lowest BCUT2D eigenvalue weighted by Gasteiger charge is -1.96. The molecule has 1 nitrogen and oxygen atoms in total. The standard InChI is InChI=1S/C12H12OS/c1-9(13)6-7-10-8-14-12-5-3-2-4-11(10)12/h2-5,8H,6-7H2,1H3. The molecule has 0 aliphatic carbocycles. The predicted octanol–water partition coefficient (Wildman–Crippen LogP) is 3.42. The minimum atomic E-state index is 0.264. The molecule has 0 bridgehead atoms. The molecule has 0 fully saturated rings. The van der Waals surface area contributed by atoms with Crippen molar-refractivity contribution in [3.8, 4) is 0 Å². The molecule has 0 radical (unpaired) electrons. The van der Waals surface area contributed by atoms with Crippen molar-refractivity contribution < 1.29 is 4.79 Å². The maximum Gasteiger partial charge on any atom is 0.130 e. The molecule has 0 aliphatic rings. The maximum atomic E-state index is 10.9. The molecule has 1 aromatic heterocycles. The summed E-state index contributed by atoms with van der Waals surface area (Å²) in [4.78, 5) is 10.9. The van der Waals surface area contributed by atoms with Crippen LogP contribution in [0.2, 0.25) is 0 Å². The molecule has 0 N–H and O–H groups in total. The summed E-state index contributed by atoms with van der Waals surface area (Å²) in [6, 6.07) is 8.35. The molecule has 0 saturated heterocycles. The second kappa shape index (κ2) is 3.93. The first-order chi connectivity index (χ1) is 6.77. The van der Waals surface area contributed by atoms with Gasteiger partial charge in [-0.25, -0.2) is 0 Å². The number of carbonyl (C=O) groups excluding carboxylic acids is 1. The number of hydrogen-bond donors (Lipinski definition) is 0. The highest BCUT2D eigenvalue weighted by Gasteiger charge is 2.03. The summed E-state index contributed by atoms with van der Waals surface area (Å²) < 4.78 is 1.31. The number of carbonyl (C=O) groups is 1. The summed E-state index contributed by atoms with van der Waals surface area (Å²) >= 11 is 1.75. The average molecular weight is 204 g/mol. The van der Waals surface area contributed by atoms with Gasteiger partial charge in [0.25, 0.3) is 0 Å². The van der Waals surface area contributed by atoms with E-state index < -0.39 is 0 Å². The van der Waals surface area contributed by atoms with Crippen molar-refractivity contribution in [1.82, 2.24) is 0 Å². The normalized spacial score (nSPS) is 10.6. The highest BCUT2D eigenvalue weighted by molar-refractivity contribution is 7.17. The molecule has 0 unspecified atom stereocenters. The highest BCUT2D eigenvalue weighted by atomic mass is 32.1. The zero-order valence-electron chi connectivity index (χ0n) is 8.12. The number of hydrogen-bond acceptors (Lipinski definition) is 2. The van der Waals surface area contributed by atoms with E-state index in [2.05, 4.69) is 17.5 Å². The Balaban J connectivity index is 2.29. The Morgan fingerprint density at radius 1 is 1.36 bits per heavy atom. The fraction of sp³-hybridized carbons (Fsp3) is 0.250. The maximum absolute atomic E-state index is 10.9. The van der Waals surface area contributed by atoms with Crippen LogP contribution in [-0.4, -0.2) is 5.78 Å².